The molecule has 1 aromatic heterocycles. The predicted octanol–water partition coefficient (Wildman–Crippen LogP) is 1.39. The molecule has 0 atom stereocenters. The van der Waals surface area contributed by atoms with E-state index in [4.69, 9.17) is 9.47 Å². The van der Waals surface area contributed by atoms with Gasteiger partial charge in [-0.15, -0.1) is 0 Å². The predicted molar refractivity (Wildman–Crippen MR) is 63.8 cm³/mol. The number of nitrogens with one attached hydrogen (secondary N) is 1. The van der Waals surface area contributed by atoms with Gasteiger partial charge in [0.1, 0.15) is 12.4 Å². The summed E-state index contributed by atoms with van der Waals surface area (Å²) in [5.41, 5.74) is 1.00. The fraction of sp³-hybridized carbons (Fsp3) is 0.583. The van der Waals surface area contributed by atoms with Crippen molar-refractivity contribution in [3.63, 3.8) is 0 Å². The molecule has 0 unspecified atom stereocenters. The zero-order chi connectivity index (χ0) is 11.6. The van der Waals surface area contributed by atoms with Gasteiger partial charge in [0.15, 0.2) is 0 Å². The molecule has 0 aromatic carbocycles. The molecule has 16 heavy (non-hydrogen) atoms. The van der Waals surface area contributed by atoms with E-state index in [0.717, 1.165) is 37.7 Å². The lowest BCUT2D eigenvalue weighted by atomic mass is 10.4. The van der Waals surface area contributed by atoms with Crippen LogP contribution in [0.3, 0.4) is 0 Å². The Kier molecular flexibility index (Phi) is 6.53. The highest BCUT2D eigenvalue weighted by Crippen LogP contribution is 2.07. The van der Waals surface area contributed by atoms with Crippen molar-refractivity contribution in [3.05, 3.63) is 24.0 Å². The van der Waals surface area contributed by atoms with E-state index in [1.54, 1.807) is 6.20 Å². The molecule has 0 aliphatic rings. The molecular formula is C12H20N2O2. The van der Waals surface area contributed by atoms with Crippen LogP contribution in [0.1, 0.15) is 12.6 Å². The van der Waals surface area contributed by atoms with Crippen LogP contribution in [-0.2, 0) is 4.74 Å². The summed E-state index contributed by atoms with van der Waals surface area (Å²) in [7, 11) is 0. The van der Waals surface area contributed by atoms with Gasteiger partial charge in [-0.25, -0.2) is 0 Å². The Morgan fingerprint density at radius 2 is 2.06 bits per heavy atom. The molecule has 0 bridgehead atoms. The molecule has 0 fully saturated rings. The molecule has 0 aliphatic carbocycles. The molecule has 1 heterocycles. The SMILES string of the molecule is CCOCCNCCOc1ccc(C)nc1. The Morgan fingerprint density at radius 1 is 1.25 bits per heavy atom. The highest BCUT2D eigenvalue weighted by atomic mass is 16.5. The first-order valence-corrected chi connectivity index (χ1v) is 5.67. The van der Waals surface area contributed by atoms with Crippen LogP contribution in [0, 0.1) is 6.92 Å². The molecule has 1 rings (SSSR count). The molecule has 0 amide bonds. The highest BCUT2D eigenvalue weighted by molar-refractivity contribution is 5.18. The van der Waals surface area contributed by atoms with Crippen LogP contribution in [0.5, 0.6) is 5.75 Å². The fourth-order valence-corrected chi connectivity index (χ4v) is 1.19. The summed E-state index contributed by atoms with van der Waals surface area (Å²) in [5.74, 6) is 0.817. The molecule has 1 aromatic rings. The summed E-state index contributed by atoms with van der Waals surface area (Å²) in [6.45, 7) is 7.81. The highest BCUT2D eigenvalue weighted by Gasteiger charge is 1.93. The Morgan fingerprint density at radius 3 is 2.75 bits per heavy atom. The second-order valence-electron chi connectivity index (χ2n) is 3.43. The smallest absolute Gasteiger partial charge is 0.137 e. The summed E-state index contributed by atoms with van der Waals surface area (Å²) in [6, 6.07) is 3.88. The standard InChI is InChI=1S/C12H20N2O2/c1-3-15-8-6-13-7-9-16-12-5-4-11(2)14-10-12/h4-5,10,13H,3,6-9H2,1-2H3. The van der Waals surface area contributed by atoms with E-state index >= 15 is 0 Å². The molecule has 0 saturated carbocycles. The van der Waals surface area contributed by atoms with E-state index in [-0.39, 0.29) is 0 Å². The van der Waals surface area contributed by atoms with Gasteiger partial charge in [0, 0.05) is 25.4 Å². The maximum atomic E-state index is 5.50. The lowest BCUT2D eigenvalue weighted by molar-refractivity contribution is 0.148. The number of hydrogen-bond donors (Lipinski definition) is 1. The Hall–Kier alpha value is -1.13. The third-order valence-corrected chi connectivity index (χ3v) is 2.06. The van der Waals surface area contributed by atoms with Gasteiger partial charge in [-0.3, -0.25) is 4.98 Å². The van der Waals surface area contributed by atoms with Crippen LogP contribution < -0.4 is 10.1 Å². The summed E-state index contributed by atoms with van der Waals surface area (Å²) in [5, 5.41) is 3.23. The van der Waals surface area contributed by atoms with Gasteiger partial charge in [-0.2, -0.15) is 0 Å². The first-order chi connectivity index (χ1) is 7.83. The summed E-state index contributed by atoms with van der Waals surface area (Å²) in [4.78, 5) is 4.15. The van der Waals surface area contributed by atoms with Crippen molar-refractivity contribution in [1.29, 1.82) is 0 Å². The molecule has 4 heteroatoms. The molecule has 0 aliphatic heterocycles. The zero-order valence-electron chi connectivity index (χ0n) is 10.0. The van der Waals surface area contributed by atoms with E-state index < -0.39 is 0 Å². The Labute approximate surface area is 97.0 Å². The monoisotopic (exact) mass is 224 g/mol. The maximum Gasteiger partial charge on any atom is 0.137 e. The van der Waals surface area contributed by atoms with E-state index in [9.17, 15) is 0 Å². The van der Waals surface area contributed by atoms with Gasteiger partial charge < -0.3 is 14.8 Å². The third-order valence-electron chi connectivity index (χ3n) is 2.06. The van der Waals surface area contributed by atoms with Crippen molar-refractivity contribution in [2.24, 2.45) is 0 Å². The quantitative estimate of drug-likeness (QED) is 0.678. The minimum absolute atomic E-state index is 0.650. The summed E-state index contributed by atoms with van der Waals surface area (Å²) < 4.78 is 10.7. The lowest BCUT2D eigenvalue weighted by Crippen LogP contribution is -2.25. The van der Waals surface area contributed by atoms with Crippen LogP contribution in [0.2, 0.25) is 0 Å². The summed E-state index contributed by atoms with van der Waals surface area (Å²) in [6.07, 6.45) is 1.75. The molecule has 4 nitrogen and oxygen atoms in total. The normalized spacial score (nSPS) is 10.4. The fourth-order valence-electron chi connectivity index (χ4n) is 1.19. The largest absolute Gasteiger partial charge is 0.491 e. The van der Waals surface area contributed by atoms with Gasteiger partial charge in [0.25, 0.3) is 0 Å². The third kappa shape index (κ3) is 5.68. The summed E-state index contributed by atoms with van der Waals surface area (Å²) >= 11 is 0. The average molecular weight is 224 g/mol. The number of nitrogens with zero attached hydrogens (tertiary/aromatic N) is 1. The topological polar surface area (TPSA) is 43.4 Å². The van der Waals surface area contributed by atoms with Crippen molar-refractivity contribution >= 4 is 0 Å². The van der Waals surface area contributed by atoms with Crippen LogP contribution >= 0.6 is 0 Å². The minimum Gasteiger partial charge on any atom is -0.491 e. The number of ether oxygens (including phenoxy) is 2. The van der Waals surface area contributed by atoms with Crippen molar-refractivity contribution in [2.75, 3.05) is 32.9 Å². The van der Waals surface area contributed by atoms with Gasteiger partial charge in [-0.05, 0) is 26.0 Å². The molecule has 0 radical (unpaired) electrons. The van der Waals surface area contributed by atoms with Gasteiger partial charge in [-0.1, -0.05) is 0 Å². The average Bonchev–Trinajstić information content (AvgIpc) is 2.30. The second-order valence-corrected chi connectivity index (χ2v) is 3.43. The maximum absolute atomic E-state index is 5.50. The molecule has 0 saturated heterocycles. The van der Waals surface area contributed by atoms with Gasteiger partial charge in [0.05, 0.1) is 12.8 Å². The number of aromatic nitrogens is 1. The van der Waals surface area contributed by atoms with Crippen molar-refractivity contribution in [2.45, 2.75) is 13.8 Å². The molecular weight excluding hydrogens is 204 g/mol. The van der Waals surface area contributed by atoms with Crippen molar-refractivity contribution in [3.8, 4) is 5.75 Å². The number of pyridine rings is 1. The first-order valence-electron chi connectivity index (χ1n) is 5.67. The number of hydrogen-bond acceptors (Lipinski definition) is 4. The van der Waals surface area contributed by atoms with Crippen LogP contribution in [-0.4, -0.2) is 37.9 Å². The Balaban J connectivity index is 2.01. The van der Waals surface area contributed by atoms with Crippen LogP contribution in [0.15, 0.2) is 18.3 Å². The van der Waals surface area contributed by atoms with Crippen molar-refractivity contribution in [1.82, 2.24) is 10.3 Å². The van der Waals surface area contributed by atoms with Crippen LogP contribution in [0.4, 0.5) is 0 Å². The molecule has 0 spiro atoms. The van der Waals surface area contributed by atoms with E-state index in [0.29, 0.717) is 6.61 Å². The second kappa shape index (κ2) is 8.07. The zero-order valence-corrected chi connectivity index (χ0v) is 10.0. The van der Waals surface area contributed by atoms with Gasteiger partial charge in [0.2, 0.25) is 0 Å². The number of rotatable bonds is 8. The number of aryl methyl sites for hydroxylation is 1. The van der Waals surface area contributed by atoms with Crippen molar-refractivity contribution < 1.29 is 9.47 Å². The Bertz CT molecular complexity index is 275. The lowest BCUT2D eigenvalue weighted by Gasteiger charge is -2.07. The molecule has 90 valence electrons. The first kappa shape index (κ1) is 12.9. The van der Waals surface area contributed by atoms with E-state index in [1.165, 1.54) is 0 Å². The van der Waals surface area contributed by atoms with Gasteiger partial charge >= 0.3 is 0 Å². The van der Waals surface area contributed by atoms with E-state index in [2.05, 4.69) is 10.3 Å². The van der Waals surface area contributed by atoms with Crippen LogP contribution in [0.25, 0.3) is 0 Å². The minimum atomic E-state index is 0.650. The molecule has 1 N–H and O–H groups in total. The van der Waals surface area contributed by atoms with E-state index in [1.807, 2.05) is 26.0 Å².